The van der Waals surface area contributed by atoms with Crippen molar-refractivity contribution in [2.75, 3.05) is 26.7 Å². The van der Waals surface area contributed by atoms with Crippen LogP contribution in [0.15, 0.2) is 23.3 Å². The van der Waals surface area contributed by atoms with E-state index in [1.807, 2.05) is 12.1 Å². The van der Waals surface area contributed by atoms with Gasteiger partial charge in [-0.3, -0.25) is 4.99 Å². The van der Waals surface area contributed by atoms with Crippen LogP contribution < -0.4 is 16.0 Å². The molecule has 0 radical (unpaired) electrons. The molecule has 0 aliphatic rings. The molecule has 5 nitrogen and oxygen atoms in total. The van der Waals surface area contributed by atoms with Crippen LogP contribution in [0.5, 0.6) is 0 Å². The smallest absolute Gasteiger partial charge is 0.191 e. The molecule has 6 heteroatoms. The van der Waals surface area contributed by atoms with Crippen LogP contribution in [0.1, 0.15) is 26.3 Å². The summed E-state index contributed by atoms with van der Waals surface area (Å²) in [7, 11) is 1.77. The molecule has 0 aliphatic carbocycles. The van der Waals surface area contributed by atoms with Crippen molar-refractivity contribution in [3.63, 3.8) is 0 Å². The van der Waals surface area contributed by atoms with E-state index in [1.54, 1.807) is 13.2 Å². The second-order valence-electron chi connectivity index (χ2n) is 5.84. The second-order valence-corrected chi connectivity index (χ2v) is 6.23. The van der Waals surface area contributed by atoms with Crippen molar-refractivity contribution in [1.29, 1.82) is 0 Å². The molecule has 1 aromatic heterocycles. The molecule has 0 aliphatic heterocycles. The Morgan fingerprint density at radius 1 is 1.19 bits per heavy atom. The van der Waals surface area contributed by atoms with Gasteiger partial charge in [-0.15, -0.1) is 0 Å². The number of aliphatic imine (C=N–C) groups is 1. The van der Waals surface area contributed by atoms with Crippen molar-refractivity contribution < 1.29 is 0 Å². The Bertz CT molecular complexity index is 436. The van der Waals surface area contributed by atoms with Crippen LogP contribution in [0.2, 0.25) is 5.15 Å². The zero-order chi connectivity index (χ0) is 15.7. The molecule has 0 saturated heterocycles. The van der Waals surface area contributed by atoms with E-state index in [1.165, 1.54) is 0 Å². The Hall–Kier alpha value is -1.33. The molecule has 0 saturated carbocycles. The minimum atomic E-state index is 0.139. The highest BCUT2D eigenvalue weighted by Gasteiger charge is 2.07. The van der Waals surface area contributed by atoms with Crippen molar-refractivity contribution in [2.45, 2.75) is 32.7 Å². The molecule has 0 unspecified atom stereocenters. The third-order valence-corrected chi connectivity index (χ3v) is 3.01. The lowest BCUT2D eigenvalue weighted by Crippen LogP contribution is -2.44. The average Bonchev–Trinajstić information content (AvgIpc) is 2.42. The summed E-state index contributed by atoms with van der Waals surface area (Å²) in [6.07, 6.45) is 2.68. The lowest BCUT2D eigenvalue weighted by atomic mass is 10.1. The molecule has 21 heavy (non-hydrogen) atoms. The average molecular weight is 312 g/mol. The van der Waals surface area contributed by atoms with Crippen LogP contribution in [0.4, 0.5) is 0 Å². The molecule has 0 aromatic carbocycles. The van der Waals surface area contributed by atoms with E-state index in [0.717, 1.165) is 37.6 Å². The van der Waals surface area contributed by atoms with Crippen LogP contribution in [0, 0.1) is 0 Å². The predicted molar refractivity (Wildman–Crippen MR) is 90.1 cm³/mol. The molecule has 1 heterocycles. The van der Waals surface area contributed by atoms with E-state index in [9.17, 15) is 0 Å². The van der Waals surface area contributed by atoms with Gasteiger partial charge in [0.1, 0.15) is 5.15 Å². The highest BCUT2D eigenvalue weighted by molar-refractivity contribution is 6.29. The number of rotatable bonds is 6. The van der Waals surface area contributed by atoms with Gasteiger partial charge in [-0.1, -0.05) is 17.7 Å². The van der Waals surface area contributed by atoms with E-state index >= 15 is 0 Å². The fraction of sp³-hybridized carbons (Fsp3) is 0.600. The zero-order valence-corrected chi connectivity index (χ0v) is 14.1. The molecule has 0 amide bonds. The van der Waals surface area contributed by atoms with Crippen LogP contribution in [0.3, 0.4) is 0 Å². The summed E-state index contributed by atoms with van der Waals surface area (Å²) in [5, 5.41) is 10.5. The molecule has 0 atom stereocenters. The summed E-state index contributed by atoms with van der Waals surface area (Å²) in [6, 6.07) is 3.79. The molecule has 0 spiro atoms. The summed E-state index contributed by atoms with van der Waals surface area (Å²) >= 11 is 5.76. The van der Waals surface area contributed by atoms with Crippen LogP contribution in [0.25, 0.3) is 0 Å². The quantitative estimate of drug-likeness (QED) is 0.325. The maximum absolute atomic E-state index is 5.76. The summed E-state index contributed by atoms with van der Waals surface area (Å²) in [6.45, 7) is 8.99. The lowest BCUT2D eigenvalue weighted by molar-refractivity contribution is 0.428. The predicted octanol–water partition coefficient (Wildman–Crippen LogP) is 1.83. The first-order valence-electron chi connectivity index (χ1n) is 7.21. The van der Waals surface area contributed by atoms with Gasteiger partial charge in [-0.2, -0.15) is 0 Å². The summed E-state index contributed by atoms with van der Waals surface area (Å²) < 4.78 is 0. The maximum atomic E-state index is 5.76. The van der Waals surface area contributed by atoms with E-state index < -0.39 is 0 Å². The number of nitrogens with one attached hydrogen (secondary N) is 3. The number of hydrogen-bond acceptors (Lipinski definition) is 3. The summed E-state index contributed by atoms with van der Waals surface area (Å²) in [5.41, 5.74) is 1.29. The molecular formula is C15H26ClN5. The van der Waals surface area contributed by atoms with Gasteiger partial charge in [0.25, 0.3) is 0 Å². The number of guanidine groups is 1. The van der Waals surface area contributed by atoms with Gasteiger partial charge >= 0.3 is 0 Å². The molecular weight excluding hydrogens is 286 g/mol. The Morgan fingerprint density at radius 3 is 2.48 bits per heavy atom. The Labute approximate surface area is 132 Å². The van der Waals surface area contributed by atoms with Crippen molar-refractivity contribution in [3.05, 3.63) is 29.0 Å². The van der Waals surface area contributed by atoms with Gasteiger partial charge in [0, 0.05) is 38.4 Å². The third kappa shape index (κ3) is 8.52. The minimum Gasteiger partial charge on any atom is -0.356 e. The van der Waals surface area contributed by atoms with Crippen LogP contribution >= 0.6 is 11.6 Å². The SMILES string of the molecule is CN=C(NCCNC(C)(C)C)NCCc1ccc(Cl)nc1. The van der Waals surface area contributed by atoms with Crippen LogP contribution in [-0.2, 0) is 6.42 Å². The van der Waals surface area contributed by atoms with E-state index in [4.69, 9.17) is 11.6 Å². The highest BCUT2D eigenvalue weighted by atomic mass is 35.5. The van der Waals surface area contributed by atoms with Gasteiger partial charge in [0.15, 0.2) is 5.96 Å². The van der Waals surface area contributed by atoms with E-state index in [2.05, 4.69) is 46.7 Å². The highest BCUT2D eigenvalue weighted by Crippen LogP contribution is 2.05. The number of nitrogens with zero attached hydrogens (tertiary/aromatic N) is 2. The molecule has 118 valence electrons. The monoisotopic (exact) mass is 311 g/mol. The van der Waals surface area contributed by atoms with Gasteiger partial charge < -0.3 is 16.0 Å². The van der Waals surface area contributed by atoms with Gasteiger partial charge in [0.05, 0.1) is 0 Å². The first-order valence-corrected chi connectivity index (χ1v) is 7.58. The number of hydrogen-bond donors (Lipinski definition) is 3. The van der Waals surface area contributed by atoms with Crippen LogP contribution in [-0.4, -0.2) is 43.2 Å². The van der Waals surface area contributed by atoms with E-state index in [0.29, 0.717) is 5.15 Å². The van der Waals surface area contributed by atoms with Gasteiger partial charge in [0.2, 0.25) is 0 Å². The van der Waals surface area contributed by atoms with E-state index in [-0.39, 0.29) is 5.54 Å². The topological polar surface area (TPSA) is 61.3 Å². The van der Waals surface area contributed by atoms with Crippen molar-refractivity contribution in [2.24, 2.45) is 4.99 Å². The first-order chi connectivity index (χ1) is 9.90. The Balaban J connectivity index is 2.21. The Kier molecular flexibility index (Phi) is 7.47. The normalized spacial score (nSPS) is 12.3. The summed E-state index contributed by atoms with van der Waals surface area (Å²) in [5.74, 6) is 0.813. The van der Waals surface area contributed by atoms with Crippen molar-refractivity contribution in [1.82, 2.24) is 20.9 Å². The standard InChI is InChI=1S/C15H26ClN5/c1-15(2,3)21-10-9-19-14(17-4)18-8-7-12-5-6-13(16)20-11-12/h5-6,11,21H,7-10H2,1-4H3,(H2,17,18,19). The molecule has 1 aromatic rings. The Morgan fingerprint density at radius 2 is 1.90 bits per heavy atom. The second kappa shape index (κ2) is 8.85. The number of aromatic nitrogens is 1. The lowest BCUT2D eigenvalue weighted by Gasteiger charge is -2.21. The summed E-state index contributed by atoms with van der Waals surface area (Å²) in [4.78, 5) is 8.26. The number of pyridine rings is 1. The first kappa shape index (κ1) is 17.7. The molecule has 1 rings (SSSR count). The van der Waals surface area contributed by atoms with Crippen molar-refractivity contribution in [3.8, 4) is 0 Å². The molecule has 3 N–H and O–H groups in total. The fourth-order valence-electron chi connectivity index (χ4n) is 1.72. The largest absolute Gasteiger partial charge is 0.356 e. The zero-order valence-electron chi connectivity index (χ0n) is 13.3. The molecule has 0 bridgehead atoms. The maximum Gasteiger partial charge on any atom is 0.191 e. The molecule has 0 fully saturated rings. The minimum absolute atomic E-state index is 0.139. The fourth-order valence-corrected chi connectivity index (χ4v) is 1.83. The van der Waals surface area contributed by atoms with Crippen molar-refractivity contribution >= 4 is 17.6 Å². The number of halogens is 1. The van der Waals surface area contributed by atoms with Gasteiger partial charge in [-0.25, -0.2) is 4.98 Å². The third-order valence-electron chi connectivity index (χ3n) is 2.79. The van der Waals surface area contributed by atoms with Gasteiger partial charge in [-0.05, 0) is 38.8 Å².